The summed E-state index contributed by atoms with van der Waals surface area (Å²) in [6.07, 6.45) is 7.70. The van der Waals surface area contributed by atoms with E-state index in [1.54, 1.807) is 6.20 Å². The normalized spacial score (nSPS) is 31.6. The Morgan fingerprint density at radius 2 is 2.13 bits per heavy atom. The molecule has 2 atom stereocenters. The Balaban J connectivity index is 1.49. The van der Waals surface area contributed by atoms with Gasteiger partial charge in [0.25, 0.3) is 0 Å². The highest BCUT2D eigenvalue weighted by Crippen LogP contribution is 2.26. The molecular formula is C17H27N3O3. The first kappa shape index (κ1) is 16.5. The fourth-order valence-electron chi connectivity index (χ4n) is 3.21. The maximum Gasteiger partial charge on any atom is 0.318 e. The Morgan fingerprint density at radius 3 is 2.91 bits per heavy atom. The first-order valence-electron chi connectivity index (χ1n) is 8.72. The molecule has 1 saturated heterocycles. The molecule has 2 aliphatic rings. The van der Waals surface area contributed by atoms with Crippen LogP contribution >= 0.6 is 0 Å². The Bertz CT molecular complexity index is 492. The Labute approximate surface area is 137 Å². The van der Waals surface area contributed by atoms with Crippen LogP contribution in [0.2, 0.25) is 0 Å². The molecule has 1 aliphatic carbocycles. The number of hydrogen-bond donors (Lipinski definition) is 2. The van der Waals surface area contributed by atoms with E-state index in [4.69, 9.17) is 9.47 Å². The molecule has 6 heteroatoms. The van der Waals surface area contributed by atoms with E-state index >= 15 is 0 Å². The van der Waals surface area contributed by atoms with Crippen molar-refractivity contribution in [3.05, 3.63) is 12.3 Å². The van der Waals surface area contributed by atoms with Gasteiger partial charge in [-0.3, -0.25) is 0 Å². The second-order valence-electron chi connectivity index (χ2n) is 6.78. The van der Waals surface area contributed by atoms with E-state index in [1.807, 2.05) is 6.07 Å². The maximum absolute atomic E-state index is 9.67. The summed E-state index contributed by atoms with van der Waals surface area (Å²) >= 11 is 0. The highest BCUT2D eigenvalue weighted by Gasteiger charge is 2.22. The number of aliphatic hydroxyl groups is 1. The fourth-order valence-corrected chi connectivity index (χ4v) is 3.21. The van der Waals surface area contributed by atoms with Crippen LogP contribution in [0.25, 0.3) is 0 Å². The molecule has 3 rings (SSSR count). The third kappa shape index (κ3) is 5.04. The maximum atomic E-state index is 9.67. The van der Waals surface area contributed by atoms with Gasteiger partial charge in [-0.05, 0) is 44.1 Å². The van der Waals surface area contributed by atoms with Gasteiger partial charge in [-0.1, -0.05) is 6.92 Å². The summed E-state index contributed by atoms with van der Waals surface area (Å²) in [5, 5.41) is 12.9. The topological polar surface area (TPSA) is 76.5 Å². The smallest absolute Gasteiger partial charge is 0.318 e. The molecule has 0 amide bonds. The Kier molecular flexibility index (Phi) is 5.67. The SMILES string of the molecule is CC1CCC(Oc2nccc(NC[C@@H]3C[C@H](O)CCO3)n2)CC1. The number of nitrogens with zero attached hydrogens (tertiary/aromatic N) is 2. The van der Waals surface area contributed by atoms with Gasteiger partial charge in [0.2, 0.25) is 0 Å². The standard InChI is InChI=1S/C17H27N3O3/c1-12-2-4-14(5-3-12)23-17-18-8-6-16(20-17)19-11-15-10-13(21)7-9-22-15/h6,8,12-15,21H,2-5,7,9-11H2,1H3,(H,18,19,20)/t12?,13-,14?,15+/m1/s1. The summed E-state index contributed by atoms with van der Waals surface area (Å²) < 4.78 is 11.6. The number of aliphatic hydroxyl groups excluding tert-OH is 1. The van der Waals surface area contributed by atoms with Crippen molar-refractivity contribution in [1.82, 2.24) is 9.97 Å². The molecule has 0 spiro atoms. The Morgan fingerprint density at radius 1 is 1.30 bits per heavy atom. The minimum Gasteiger partial charge on any atom is -0.460 e. The minimum atomic E-state index is -0.256. The van der Waals surface area contributed by atoms with Gasteiger partial charge < -0.3 is 19.9 Å². The predicted octanol–water partition coefficient (Wildman–Crippen LogP) is 2.39. The van der Waals surface area contributed by atoms with E-state index in [1.165, 1.54) is 12.8 Å². The van der Waals surface area contributed by atoms with Gasteiger partial charge in [0.1, 0.15) is 11.9 Å². The lowest BCUT2D eigenvalue weighted by Crippen LogP contribution is -2.34. The van der Waals surface area contributed by atoms with Gasteiger partial charge >= 0.3 is 6.01 Å². The van der Waals surface area contributed by atoms with Crippen LogP contribution in [0.15, 0.2) is 12.3 Å². The molecule has 23 heavy (non-hydrogen) atoms. The average molecular weight is 321 g/mol. The van der Waals surface area contributed by atoms with Crippen molar-refractivity contribution in [2.45, 2.75) is 63.8 Å². The van der Waals surface area contributed by atoms with Gasteiger partial charge in [-0.15, -0.1) is 0 Å². The summed E-state index contributed by atoms with van der Waals surface area (Å²) in [6.45, 7) is 3.54. The lowest BCUT2D eigenvalue weighted by molar-refractivity contribution is -0.0365. The van der Waals surface area contributed by atoms with Crippen molar-refractivity contribution in [2.24, 2.45) is 5.92 Å². The van der Waals surface area contributed by atoms with E-state index in [-0.39, 0.29) is 18.3 Å². The molecule has 2 N–H and O–H groups in total. The zero-order valence-corrected chi connectivity index (χ0v) is 13.8. The monoisotopic (exact) mass is 321 g/mol. The van der Waals surface area contributed by atoms with Crippen molar-refractivity contribution < 1.29 is 14.6 Å². The summed E-state index contributed by atoms with van der Waals surface area (Å²) in [5.41, 5.74) is 0. The van der Waals surface area contributed by atoms with Crippen LogP contribution in [0.5, 0.6) is 6.01 Å². The number of ether oxygens (including phenoxy) is 2. The van der Waals surface area contributed by atoms with Crippen LogP contribution in [0.1, 0.15) is 45.4 Å². The summed E-state index contributed by atoms with van der Waals surface area (Å²) in [6, 6.07) is 2.27. The lowest BCUT2D eigenvalue weighted by Gasteiger charge is -2.27. The zero-order valence-electron chi connectivity index (χ0n) is 13.8. The van der Waals surface area contributed by atoms with Crippen LogP contribution in [0.3, 0.4) is 0 Å². The second kappa shape index (κ2) is 7.93. The molecule has 2 heterocycles. The highest BCUT2D eigenvalue weighted by molar-refractivity contribution is 5.34. The summed E-state index contributed by atoms with van der Waals surface area (Å²) in [4.78, 5) is 8.64. The van der Waals surface area contributed by atoms with Crippen molar-refractivity contribution in [1.29, 1.82) is 0 Å². The van der Waals surface area contributed by atoms with E-state index in [9.17, 15) is 5.11 Å². The molecular weight excluding hydrogens is 294 g/mol. The van der Waals surface area contributed by atoms with Crippen molar-refractivity contribution >= 4 is 5.82 Å². The van der Waals surface area contributed by atoms with E-state index < -0.39 is 0 Å². The van der Waals surface area contributed by atoms with Gasteiger partial charge in [0, 0.05) is 25.8 Å². The first-order chi connectivity index (χ1) is 11.2. The number of nitrogens with one attached hydrogen (secondary N) is 1. The number of rotatable bonds is 5. The summed E-state index contributed by atoms with van der Waals surface area (Å²) in [5.74, 6) is 1.54. The molecule has 0 radical (unpaired) electrons. The third-order valence-electron chi connectivity index (χ3n) is 4.72. The number of aromatic nitrogens is 2. The predicted molar refractivity (Wildman–Crippen MR) is 87.6 cm³/mol. The quantitative estimate of drug-likeness (QED) is 0.867. The molecule has 1 aromatic rings. The largest absolute Gasteiger partial charge is 0.460 e. The molecule has 1 saturated carbocycles. The van der Waals surface area contributed by atoms with Crippen molar-refractivity contribution in [3.8, 4) is 6.01 Å². The highest BCUT2D eigenvalue weighted by atomic mass is 16.5. The van der Waals surface area contributed by atoms with E-state index in [0.29, 0.717) is 25.6 Å². The molecule has 1 aromatic heterocycles. The van der Waals surface area contributed by atoms with Gasteiger partial charge in [-0.2, -0.15) is 4.98 Å². The molecule has 0 unspecified atom stereocenters. The van der Waals surface area contributed by atoms with Crippen LogP contribution in [-0.2, 0) is 4.74 Å². The minimum absolute atomic E-state index is 0.0258. The van der Waals surface area contributed by atoms with Crippen LogP contribution < -0.4 is 10.1 Å². The Hall–Kier alpha value is -1.40. The van der Waals surface area contributed by atoms with Gasteiger partial charge in [0.05, 0.1) is 12.2 Å². The first-order valence-corrected chi connectivity index (χ1v) is 8.72. The van der Waals surface area contributed by atoms with Crippen molar-refractivity contribution in [2.75, 3.05) is 18.5 Å². The lowest BCUT2D eigenvalue weighted by atomic mass is 9.89. The van der Waals surface area contributed by atoms with Gasteiger partial charge in [-0.25, -0.2) is 4.98 Å². The molecule has 6 nitrogen and oxygen atoms in total. The van der Waals surface area contributed by atoms with Crippen LogP contribution in [0, 0.1) is 5.92 Å². The third-order valence-corrected chi connectivity index (χ3v) is 4.72. The number of hydrogen-bond acceptors (Lipinski definition) is 6. The van der Waals surface area contributed by atoms with E-state index in [2.05, 4.69) is 22.2 Å². The summed E-state index contributed by atoms with van der Waals surface area (Å²) in [7, 11) is 0. The molecule has 0 bridgehead atoms. The fraction of sp³-hybridized carbons (Fsp3) is 0.765. The molecule has 128 valence electrons. The van der Waals surface area contributed by atoms with Crippen LogP contribution in [0.4, 0.5) is 5.82 Å². The molecule has 1 aliphatic heterocycles. The second-order valence-corrected chi connectivity index (χ2v) is 6.78. The zero-order chi connectivity index (χ0) is 16.1. The van der Waals surface area contributed by atoms with Crippen molar-refractivity contribution in [3.63, 3.8) is 0 Å². The molecule has 0 aromatic carbocycles. The molecule has 2 fully saturated rings. The van der Waals surface area contributed by atoms with E-state index in [0.717, 1.165) is 31.0 Å². The van der Waals surface area contributed by atoms with Gasteiger partial charge in [0.15, 0.2) is 0 Å². The van der Waals surface area contributed by atoms with Crippen LogP contribution in [-0.4, -0.2) is 46.5 Å². The average Bonchev–Trinajstić information content (AvgIpc) is 2.56. The number of anilines is 1.